The van der Waals surface area contributed by atoms with Crippen molar-refractivity contribution in [3.63, 3.8) is 0 Å². The van der Waals surface area contributed by atoms with Gasteiger partial charge in [0.2, 0.25) is 11.8 Å². The van der Waals surface area contributed by atoms with Crippen LogP contribution in [0.15, 0.2) is 48.5 Å². The van der Waals surface area contributed by atoms with Crippen molar-refractivity contribution in [1.29, 1.82) is 0 Å². The minimum atomic E-state index is -0.615. The highest BCUT2D eigenvalue weighted by atomic mass is 16.2. The Hall–Kier alpha value is -2.62. The van der Waals surface area contributed by atoms with E-state index < -0.39 is 5.92 Å². The van der Waals surface area contributed by atoms with Crippen LogP contribution in [0.5, 0.6) is 0 Å². The minimum absolute atomic E-state index is 0.126. The zero-order chi connectivity index (χ0) is 16.4. The van der Waals surface area contributed by atoms with Gasteiger partial charge in [-0.1, -0.05) is 35.9 Å². The van der Waals surface area contributed by atoms with Gasteiger partial charge in [0.15, 0.2) is 0 Å². The van der Waals surface area contributed by atoms with E-state index >= 15 is 0 Å². The number of hydrogen-bond acceptors (Lipinski definition) is 2. The molecule has 0 aromatic heterocycles. The molecular formula is C19H20N2O2. The SMILES string of the molecule is Cc1ccc(NC(=O)[C@@H]2CCN(c3ccccc3)C2=O)c(C)c1. The minimum Gasteiger partial charge on any atom is -0.325 e. The van der Waals surface area contributed by atoms with Gasteiger partial charge in [0.1, 0.15) is 5.92 Å². The first-order valence-electron chi connectivity index (χ1n) is 7.81. The van der Waals surface area contributed by atoms with Gasteiger partial charge >= 0.3 is 0 Å². The average molecular weight is 308 g/mol. The van der Waals surface area contributed by atoms with E-state index in [1.165, 1.54) is 0 Å². The maximum Gasteiger partial charge on any atom is 0.239 e. The molecule has 1 aliphatic heterocycles. The van der Waals surface area contributed by atoms with Crippen LogP contribution >= 0.6 is 0 Å². The van der Waals surface area contributed by atoms with Gasteiger partial charge in [-0.05, 0) is 44.0 Å². The molecule has 0 spiro atoms. The number of aryl methyl sites for hydroxylation is 2. The summed E-state index contributed by atoms with van der Waals surface area (Å²) in [5.74, 6) is -0.963. The number of nitrogens with one attached hydrogen (secondary N) is 1. The molecule has 0 unspecified atom stereocenters. The van der Waals surface area contributed by atoms with Gasteiger partial charge < -0.3 is 10.2 Å². The number of benzene rings is 2. The van der Waals surface area contributed by atoms with Crippen LogP contribution < -0.4 is 10.2 Å². The topological polar surface area (TPSA) is 49.4 Å². The molecule has 1 saturated heterocycles. The lowest BCUT2D eigenvalue weighted by atomic mass is 10.1. The normalized spacial score (nSPS) is 17.4. The van der Waals surface area contributed by atoms with Gasteiger partial charge in [-0.3, -0.25) is 9.59 Å². The summed E-state index contributed by atoms with van der Waals surface area (Å²) in [7, 11) is 0. The molecule has 0 bridgehead atoms. The Morgan fingerprint density at radius 2 is 1.87 bits per heavy atom. The zero-order valence-electron chi connectivity index (χ0n) is 13.4. The molecule has 4 heteroatoms. The van der Waals surface area contributed by atoms with E-state index in [2.05, 4.69) is 5.32 Å². The number of rotatable bonds is 3. The molecule has 23 heavy (non-hydrogen) atoms. The summed E-state index contributed by atoms with van der Waals surface area (Å²) in [5.41, 5.74) is 3.77. The Labute approximate surface area is 136 Å². The Kier molecular flexibility index (Phi) is 4.15. The fourth-order valence-electron chi connectivity index (χ4n) is 2.96. The Bertz CT molecular complexity index is 740. The van der Waals surface area contributed by atoms with Gasteiger partial charge in [-0.25, -0.2) is 0 Å². The Morgan fingerprint density at radius 1 is 1.13 bits per heavy atom. The standard InChI is InChI=1S/C19H20N2O2/c1-13-8-9-17(14(2)12-13)20-18(22)16-10-11-21(19(16)23)15-6-4-3-5-7-15/h3-9,12,16H,10-11H2,1-2H3,(H,20,22)/t16-/m0/s1. The van der Waals surface area contributed by atoms with Crippen LogP contribution in [0.1, 0.15) is 17.5 Å². The highest BCUT2D eigenvalue weighted by Gasteiger charge is 2.37. The first-order chi connectivity index (χ1) is 11.1. The molecule has 1 aliphatic rings. The molecule has 4 nitrogen and oxygen atoms in total. The third kappa shape index (κ3) is 3.11. The predicted octanol–water partition coefficient (Wildman–Crippen LogP) is 3.30. The van der Waals surface area contributed by atoms with Crippen LogP contribution in [0, 0.1) is 19.8 Å². The van der Waals surface area contributed by atoms with E-state index in [-0.39, 0.29) is 11.8 Å². The van der Waals surface area contributed by atoms with E-state index in [1.54, 1.807) is 4.90 Å². The second-order valence-corrected chi connectivity index (χ2v) is 5.97. The number of carbonyl (C=O) groups excluding carboxylic acids is 2. The summed E-state index contributed by atoms with van der Waals surface area (Å²) < 4.78 is 0. The van der Waals surface area contributed by atoms with Crippen molar-refractivity contribution < 1.29 is 9.59 Å². The van der Waals surface area contributed by atoms with Crippen molar-refractivity contribution in [1.82, 2.24) is 0 Å². The summed E-state index contributed by atoms with van der Waals surface area (Å²) in [5, 5.41) is 2.90. The lowest BCUT2D eigenvalue weighted by Gasteiger charge is -2.17. The van der Waals surface area contributed by atoms with E-state index in [4.69, 9.17) is 0 Å². The molecule has 1 atom stereocenters. The van der Waals surface area contributed by atoms with Crippen molar-refractivity contribution >= 4 is 23.2 Å². The fraction of sp³-hybridized carbons (Fsp3) is 0.263. The quantitative estimate of drug-likeness (QED) is 0.885. The Balaban J connectivity index is 1.72. The number of hydrogen-bond donors (Lipinski definition) is 1. The monoisotopic (exact) mass is 308 g/mol. The molecule has 1 heterocycles. The van der Waals surface area contributed by atoms with Crippen LogP contribution in [0.3, 0.4) is 0 Å². The summed E-state index contributed by atoms with van der Waals surface area (Å²) in [6.45, 7) is 4.54. The smallest absolute Gasteiger partial charge is 0.239 e. The van der Waals surface area contributed by atoms with Gasteiger partial charge in [-0.2, -0.15) is 0 Å². The summed E-state index contributed by atoms with van der Waals surface area (Å²) in [4.78, 5) is 26.7. The van der Waals surface area contributed by atoms with Crippen molar-refractivity contribution in [3.8, 4) is 0 Å². The maximum atomic E-state index is 12.5. The first kappa shape index (κ1) is 15.3. The molecule has 3 rings (SSSR count). The molecule has 0 saturated carbocycles. The molecule has 1 N–H and O–H groups in total. The van der Waals surface area contributed by atoms with Crippen molar-refractivity contribution in [2.24, 2.45) is 5.92 Å². The molecule has 2 aromatic rings. The lowest BCUT2D eigenvalue weighted by molar-refractivity contribution is -0.129. The highest BCUT2D eigenvalue weighted by Crippen LogP contribution is 2.26. The van der Waals surface area contributed by atoms with Crippen molar-refractivity contribution in [3.05, 3.63) is 59.7 Å². The largest absolute Gasteiger partial charge is 0.325 e. The third-order valence-corrected chi connectivity index (χ3v) is 4.23. The number of amides is 2. The second-order valence-electron chi connectivity index (χ2n) is 5.97. The van der Waals surface area contributed by atoms with Crippen LogP contribution in [0.2, 0.25) is 0 Å². The van der Waals surface area contributed by atoms with Crippen molar-refractivity contribution in [2.45, 2.75) is 20.3 Å². The maximum absolute atomic E-state index is 12.5. The van der Waals surface area contributed by atoms with Crippen LogP contribution in [0.4, 0.5) is 11.4 Å². The van der Waals surface area contributed by atoms with Crippen LogP contribution in [-0.4, -0.2) is 18.4 Å². The van der Waals surface area contributed by atoms with Gasteiger partial charge in [0.25, 0.3) is 0 Å². The fourth-order valence-corrected chi connectivity index (χ4v) is 2.96. The molecule has 1 fully saturated rings. The van der Waals surface area contributed by atoms with E-state index in [0.717, 1.165) is 22.5 Å². The van der Waals surface area contributed by atoms with E-state index in [0.29, 0.717) is 13.0 Å². The molecule has 118 valence electrons. The number of para-hydroxylation sites is 1. The average Bonchev–Trinajstić information content (AvgIpc) is 2.92. The Morgan fingerprint density at radius 3 is 2.57 bits per heavy atom. The first-order valence-corrected chi connectivity index (χ1v) is 7.81. The number of carbonyl (C=O) groups is 2. The van der Waals surface area contributed by atoms with E-state index in [1.807, 2.05) is 62.4 Å². The molecule has 0 aliphatic carbocycles. The molecule has 2 amide bonds. The highest BCUT2D eigenvalue weighted by molar-refractivity contribution is 6.13. The number of nitrogens with zero attached hydrogens (tertiary/aromatic N) is 1. The number of anilines is 2. The predicted molar refractivity (Wildman–Crippen MR) is 91.4 cm³/mol. The summed E-state index contributed by atoms with van der Waals surface area (Å²) in [6.07, 6.45) is 0.546. The van der Waals surface area contributed by atoms with E-state index in [9.17, 15) is 9.59 Å². The summed E-state index contributed by atoms with van der Waals surface area (Å²) in [6, 6.07) is 15.3. The molecular weight excluding hydrogens is 288 g/mol. The van der Waals surface area contributed by atoms with Crippen molar-refractivity contribution in [2.75, 3.05) is 16.8 Å². The second kappa shape index (κ2) is 6.24. The van der Waals surface area contributed by atoms with Gasteiger partial charge in [-0.15, -0.1) is 0 Å². The third-order valence-electron chi connectivity index (χ3n) is 4.23. The van der Waals surface area contributed by atoms with Gasteiger partial charge in [0, 0.05) is 17.9 Å². The molecule has 0 radical (unpaired) electrons. The summed E-state index contributed by atoms with van der Waals surface area (Å²) >= 11 is 0. The van der Waals surface area contributed by atoms with Crippen LogP contribution in [-0.2, 0) is 9.59 Å². The zero-order valence-corrected chi connectivity index (χ0v) is 13.4. The lowest BCUT2D eigenvalue weighted by Crippen LogP contribution is -2.33. The molecule has 2 aromatic carbocycles. The van der Waals surface area contributed by atoms with Crippen LogP contribution in [0.25, 0.3) is 0 Å². The van der Waals surface area contributed by atoms with Gasteiger partial charge in [0.05, 0.1) is 0 Å².